The van der Waals surface area contributed by atoms with Crippen molar-refractivity contribution in [2.45, 2.75) is 30.8 Å². The third kappa shape index (κ3) is 4.24. The fourth-order valence-corrected chi connectivity index (χ4v) is 6.74. The Morgan fingerprint density at radius 3 is 2.71 bits per heavy atom. The van der Waals surface area contributed by atoms with Crippen molar-refractivity contribution < 1.29 is 14.6 Å². The third-order valence-corrected chi connectivity index (χ3v) is 8.53. The number of aliphatic hydroxyl groups is 1. The van der Waals surface area contributed by atoms with E-state index in [1.165, 1.54) is 16.6 Å². The smallest absolute Gasteiger partial charge is 0.236 e. The number of ether oxygens (including phenoxy) is 1. The average molecular weight is 498 g/mol. The monoisotopic (exact) mass is 497 g/mol. The van der Waals surface area contributed by atoms with Crippen molar-refractivity contribution in [2.75, 3.05) is 54.0 Å². The predicted molar refractivity (Wildman–Crippen MR) is 138 cm³/mol. The highest BCUT2D eigenvalue weighted by Gasteiger charge is 2.48. The number of methoxy groups -OCH3 is 1. The summed E-state index contributed by atoms with van der Waals surface area (Å²) in [5, 5.41) is 14.9. The summed E-state index contributed by atoms with van der Waals surface area (Å²) in [5.41, 5.74) is 3.54. The number of likely N-dealkylation sites (N-methyl/N-ethyl adjacent to an activating group) is 1. The number of likely N-dealkylation sites (tertiary alicyclic amines) is 1. The first-order chi connectivity index (χ1) is 16.9. The fraction of sp³-hybridized carbons (Fsp3) is 0.538. The van der Waals surface area contributed by atoms with Gasteiger partial charge in [-0.2, -0.15) is 0 Å². The number of aliphatic hydroxyl groups excluding tert-OH is 1. The second kappa shape index (κ2) is 9.54. The molecule has 1 atom stereocenters. The van der Waals surface area contributed by atoms with Gasteiger partial charge in [-0.05, 0) is 44.6 Å². The number of piperidine rings is 1. The quantitative estimate of drug-likeness (QED) is 0.565. The maximum Gasteiger partial charge on any atom is 0.236 e. The van der Waals surface area contributed by atoms with Gasteiger partial charge in [-0.15, -0.1) is 11.3 Å². The van der Waals surface area contributed by atoms with Crippen molar-refractivity contribution in [3.8, 4) is 5.75 Å². The highest BCUT2D eigenvalue weighted by molar-refractivity contribution is 7.09. The molecule has 3 aromatic rings. The number of carbonyl (C=O) groups is 1. The molecule has 9 heteroatoms. The Hall–Kier alpha value is -2.46. The SMILES string of the molecule is COc1ccc2c3c(n(C)c2c1)[C@H](CO)N(Cc1nccs1)CC31CCN(C(=O)CN(C)C)CC1. The lowest BCUT2D eigenvalue weighted by Gasteiger charge is -2.50. The Morgan fingerprint density at radius 2 is 2.09 bits per heavy atom. The topological polar surface area (TPSA) is 74.1 Å². The van der Waals surface area contributed by atoms with Crippen LogP contribution in [0.2, 0.25) is 0 Å². The Bertz CT molecular complexity index is 1200. The first-order valence-corrected chi connectivity index (χ1v) is 13.1. The molecule has 5 rings (SSSR count). The molecule has 0 bridgehead atoms. The highest BCUT2D eigenvalue weighted by Crippen LogP contribution is 2.50. The van der Waals surface area contributed by atoms with E-state index >= 15 is 0 Å². The van der Waals surface area contributed by atoms with Gasteiger partial charge in [-0.3, -0.25) is 9.69 Å². The van der Waals surface area contributed by atoms with Crippen LogP contribution in [0.1, 0.15) is 35.1 Å². The maximum absolute atomic E-state index is 12.8. The molecule has 2 aromatic heterocycles. The summed E-state index contributed by atoms with van der Waals surface area (Å²) < 4.78 is 7.78. The number of amides is 1. The Kier molecular flexibility index (Phi) is 6.61. The molecule has 188 valence electrons. The first kappa shape index (κ1) is 24.2. The molecule has 1 spiro atoms. The van der Waals surface area contributed by atoms with E-state index in [-0.39, 0.29) is 24.0 Å². The normalized spacial score (nSPS) is 20.1. The molecule has 0 aliphatic carbocycles. The lowest BCUT2D eigenvalue weighted by molar-refractivity contribution is -0.133. The number of aryl methyl sites for hydroxylation is 1. The van der Waals surface area contributed by atoms with Crippen LogP contribution in [0.25, 0.3) is 10.9 Å². The molecule has 0 radical (unpaired) electrons. The third-order valence-electron chi connectivity index (χ3n) is 7.77. The first-order valence-electron chi connectivity index (χ1n) is 12.2. The van der Waals surface area contributed by atoms with Crippen molar-refractivity contribution in [3.63, 3.8) is 0 Å². The zero-order valence-electron chi connectivity index (χ0n) is 21.0. The van der Waals surface area contributed by atoms with Crippen molar-refractivity contribution in [3.05, 3.63) is 46.0 Å². The zero-order valence-corrected chi connectivity index (χ0v) is 21.8. The summed E-state index contributed by atoms with van der Waals surface area (Å²) in [7, 11) is 7.66. The van der Waals surface area contributed by atoms with Crippen LogP contribution in [0.5, 0.6) is 5.75 Å². The number of benzene rings is 1. The summed E-state index contributed by atoms with van der Waals surface area (Å²) in [5.74, 6) is 1.02. The molecule has 0 saturated carbocycles. The summed E-state index contributed by atoms with van der Waals surface area (Å²) in [4.78, 5) is 23.7. The van der Waals surface area contributed by atoms with E-state index in [1.807, 2.05) is 41.5 Å². The van der Waals surface area contributed by atoms with Crippen LogP contribution in [0, 0.1) is 0 Å². The molecule has 4 heterocycles. The van der Waals surface area contributed by atoms with Gasteiger partial charge in [0.05, 0.1) is 38.4 Å². The lowest BCUT2D eigenvalue weighted by atomic mass is 9.68. The van der Waals surface area contributed by atoms with Crippen molar-refractivity contribution in [1.82, 2.24) is 24.3 Å². The van der Waals surface area contributed by atoms with Crippen LogP contribution in [0.4, 0.5) is 0 Å². The molecule has 1 fully saturated rings. The van der Waals surface area contributed by atoms with E-state index < -0.39 is 0 Å². The number of rotatable bonds is 6. The molecular weight excluding hydrogens is 462 g/mol. The van der Waals surface area contributed by atoms with E-state index in [0.717, 1.165) is 48.7 Å². The predicted octanol–water partition coefficient (Wildman–Crippen LogP) is 2.61. The highest BCUT2D eigenvalue weighted by atomic mass is 32.1. The van der Waals surface area contributed by atoms with E-state index in [9.17, 15) is 9.90 Å². The molecule has 1 N–H and O–H groups in total. The summed E-state index contributed by atoms with van der Waals surface area (Å²) in [6.07, 6.45) is 3.64. The van der Waals surface area contributed by atoms with E-state index in [0.29, 0.717) is 13.1 Å². The van der Waals surface area contributed by atoms with Gasteiger partial charge < -0.3 is 24.2 Å². The number of hydrogen-bond donors (Lipinski definition) is 1. The minimum Gasteiger partial charge on any atom is -0.497 e. The van der Waals surface area contributed by atoms with Crippen LogP contribution in [0.15, 0.2) is 29.8 Å². The molecule has 2 aliphatic rings. The number of carbonyl (C=O) groups excluding carboxylic acids is 1. The Balaban J connectivity index is 1.59. The number of nitrogens with zero attached hydrogens (tertiary/aromatic N) is 5. The Morgan fingerprint density at radius 1 is 1.31 bits per heavy atom. The molecule has 0 unspecified atom stereocenters. The van der Waals surface area contributed by atoms with Crippen LogP contribution >= 0.6 is 11.3 Å². The van der Waals surface area contributed by atoms with Gasteiger partial charge in [0, 0.05) is 60.8 Å². The number of fused-ring (bicyclic) bond motifs is 4. The van der Waals surface area contributed by atoms with Crippen LogP contribution in [-0.2, 0) is 23.8 Å². The Labute approximate surface area is 210 Å². The van der Waals surface area contributed by atoms with Gasteiger partial charge in [-0.1, -0.05) is 0 Å². The number of aromatic nitrogens is 2. The number of thiazole rings is 1. The van der Waals surface area contributed by atoms with Gasteiger partial charge in [0.15, 0.2) is 0 Å². The molecule has 35 heavy (non-hydrogen) atoms. The van der Waals surface area contributed by atoms with Gasteiger partial charge in [0.2, 0.25) is 5.91 Å². The number of hydrogen-bond acceptors (Lipinski definition) is 7. The van der Waals surface area contributed by atoms with Crippen LogP contribution < -0.4 is 4.74 Å². The minimum atomic E-state index is -0.115. The van der Waals surface area contributed by atoms with Gasteiger partial charge in [0.25, 0.3) is 0 Å². The van der Waals surface area contributed by atoms with E-state index in [2.05, 4.69) is 33.6 Å². The largest absolute Gasteiger partial charge is 0.497 e. The van der Waals surface area contributed by atoms with Crippen molar-refractivity contribution in [2.24, 2.45) is 7.05 Å². The van der Waals surface area contributed by atoms with Crippen LogP contribution in [-0.4, -0.2) is 89.3 Å². The summed E-state index contributed by atoms with van der Waals surface area (Å²) in [6.45, 7) is 3.52. The average Bonchev–Trinajstić information content (AvgIpc) is 3.46. The molecule has 8 nitrogen and oxygen atoms in total. The molecular formula is C26H35N5O3S. The lowest BCUT2D eigenvalue weighted by Crippen LogP contribution is -2.55. The zero-order chi connectivity index (χ0) is 24.7. The maximum atomic E-state index is 12.8. The molecule has 1 saturated heterocycles. The standard InChI is InChI=1S/C26H35N5O3S/c1-28(2)15-23(33)30-10-7-26(8-11-30)17-31(14-22-27-9-12-35-22)21(16-32)25-24(26)19-6-5-18(34-4)13-20(19)29(25)3/h5-6,9,12-13,21,32H,7-8,10-11,14-17H2,1-4H3/t21-/m0/s1. The fourth-order valence-electron chi connectivity index (χ4n) is 6.10. The molecule has 1 amide bonds. The molecule has 2 aliphatic heterocycles. The van der Waals surface area contributed by atoms with E-state index in [4.69, 9.17) is 4.74 Å². The summed E-state index contributed by atoms with van der Waals surface area (Å²) in [6, 6.07) is 6.18. The van der Waals surface area contributed by atoms with Gasteiger partial charge in [-0.25, -0.2) is 4.98 Å². The van der Waals surface area contributed by atoms with Gasteiger partial charge >= 0.3 is 0 Å². The van der Waals surface area contributed by atoms with E-state index in [1.54, 1.807) is 18.4 Å². The summed E-state index contributed by atoms with van der Waals surface area (Å²) >= 11 is 1.65. The van der Waals surface area contributed by atoms with Crippen LogP contribution in [0.3, 0.4) is 0 Å². The molecule has 1 aromatic carbocycles. The second-order valence-corrected chi connectivity index (χ2v) is 11.1. The van der Waals surface area contributed by atoms with Gasteiger partial charge in [0.1, 0.15) is 10.8 Å². The van der Waals surface area contributed by atoms with Crippen molar-refractivity contribution >= 4 is 28.1 Å². The minimum absolute atomic E-state index is 0.0448. The second-order valence-electron chi connectivity index (χ2n) is 10.1. The van der Waals surface area contributed by atoms with Crippen molar-refractivity contribution in [1.29, 1.82) is 0 Å².